The lowest BCUT2D eigenvalue weighted by Crippen LogP contribution is -2.55. The largest absolute Gasteiger partial charge is 0.569 e. The Morgan fingerprint density at radius 3 is 2.26 bits per heavy atom. The molecule has 126 valence electrons. The molecule has 7 nitrogen and oxygen atoms in total. The van der Waals surface area contributed by atoms with E-state index in [0.29, 0.717) is 9.75 Å². The van der Waals surface area contributed by atoms with E-state index in [1.807, 2.05) is 0 Å². The van der Waals surface area contributed by atoms with Crippen LogP contribution >= 0.6 is 0 Å². The summed E-state index contributed by atoms with van der Waals surface area (Å²) in [6.07, 6.45) is -10.3. The van der Waals surface area contributed by atoms with Gasteiger partial charge in [-0.25, -0.2) is 4.98 Å². The van der Waals surface area contributed by atoms with Crippen molar-refractivity contribution in [1.82, 2.24) is 29.9 Å². The summed E-state index contributed by atoms with van der Waals surface area (Å²) < 4.78 is 81.4. The monoisotopic (exact) mass is 343 g/mol. The Labute approximate surface area is 124 Å². The van der Waals surface area contributed by atoms with Gasteiger partial charge in [-0.3, -0.25) is 4.90 Å². The molecule has 0 aliphatic carbocycles. The molecule has 0 saturated heterocycles. The molecule has 2 rings (SSSR count). The van der Waals surface area contributed by atoms with Gasteiger partial charge in [0, 0.05) is 25.5 Å². The molecule has 23 heavy (non-hydrogen) atoms. The van der Waals surface area contributed by atoms with E-state index in [4.69, 9.17) is 0 Å². The second-order valence-corrected chi connectivity index (χ2v) is 4.35. The standard InChI is InChI=1S/C10H9F6N6O/c1-20(2)8(21(9(11,12)13)10(14,15)16)23-22-7-6(18-19-22)4-3-5-17-7/h3-5H,1-2H3/q+1. The van der Waals surface area contributed by atoms with E-state index in [0.717, 1.165) is 14.1 Å². The van der Waals surface area contributed by atoms with Crippen LogP contribution in [0.25, 0.3) is 11.2 Å². The normalized spacial score (nSPS) is 13.5. The molecule has 2 amide bonds. The summed E-state index contributed by atoms with van der Waals surface area (Å²) in [6.45, 7) is 0. The Bertz CT molecular complexity index is 706. The van der Waals surface area contributed by atoms with Crippen molar-refractivity contribution in [2.45, 2.75) is 12.6 Å². The van der Waals surface area contributed by atoms with Crippen LogP contribution in [0.1, 0.15) is 0 Å². The molecule has 0 fully saturated rings. The number of pyridine rings is 1. The van der Waals surface area contributed by atoms with Gasteiger partial charge in [0.1, 0.15) is 5.52 Å². The van der Waals surface area contributed by atoms with Gasteiger partial charge in [0.05, 0.1) is 0 Å². The van der Waals surface area contributed by atoms with Crippen LogP contribution in [-0.4, -0.2) is 62.7 Å². The lowest BCUT2D eigenvalue weighted by atomic mass is 10.4. The third kappa shape index (κ3) is 3.43. The molecule has 0 spiro atoms. The number of carbonyl (C=O) groups excluding carboxylic acids is 1. The number of fused-ring (bicyclic) bond motifs is 1. The molecule has 0 aliphatic rings. The molecule has 13 heteroatoms. The Hall–Kier alpha value is -2.60. The highest BCUT2D eigenvalue weighted by atomic mass is 19.4. The fourth-order valence-corrected chi connectivity index (χ4v) is 1.57. The van der Waals surface area contributed by atoms with Gasteiger partial charge < -0.3 is 0 Å². The minimum atomic E-state index is -5.76. The van der Waals surface area contributed by atoms with Gasteiger partial charge in [-0.05, 0) is 16.7 Å². The second kappa shape index (κ2) is 5.55. The van der Waals surface area contributed by atoms with Crippen LogP contribution in [0, 0.1) is 0 Å². The van der Waals surface area contributed by atoms with Crippen LogP contribution in [0.5, 0.6) is 0 Å². The minimum Gasteiger partial charge on any atom is -0.278 e. The Balaban J connectivity index is 2.61. The van der Waals surface area contributed by atoms with Crippen molar-refractivity contribution in [1.29, 1.82) is 0 Å². The summed E-state index contributed by atoms with van der Waals surface area (Å²) in [5.41, 5.74) is -0.00711. The molecule has 2 aromatic rings. The Kier molecular flexibility index (Phi) is 4.05. The molecule has 0 saturated carbocycles. The van der Waals surface area contributed by atoms with Crippen molar-refractivity contribution in [3.63, 3.8) is 0 Å². The molecular weight excluding hydrogens is 334 g/mol. The molecule has 0 bridgehead atoms. The van der Waals surface area contributed by atoms with Crippen LogP contribution in [0.4, 0.5) is 30.9 Å². The molecule has 0 aromatic carbocycles. The van der Waals surface area contributed by atoms with E-state index in [1.165, 1.54) is 18.3 Å². The van der Waals surface area contributed by atoms with Crippen LogP contribution in [-0.2, 0) is 0 Å². The number of amides is 2. The quantitative estimate of drug-likeness (QED) is 0.453. The molecule has 0 radical (unpaired) electrons. The maximum Gasteiger partial charge on any atom is 0.569 e. The molecule has 2 heterocycles. The van der Waals surface area contributed by atoms with E-state index in [1.54, 1.807) is 0 Å². The Morgan fingerprint density at radius 1 is 1.13 bits per heavy atom. The first kappa shape index (κ1) is 16.8. The van der Waals surface area contributed by atoms with Crippen LogP contribution in [0.15, 0.2) is 18.3 Å². The third-order valence-corrected chi connectivity index (χ3v) is 2.43. The highest BCUT2D eigenvalue weighted by Gasteiger charge is 2.62. The lowest BCUT2D eigenvalue weighted by molar-refractivity contribution is -0.365. The second-order valence-electron chi connectivity index (χ2n) is 4.35. The summed E-state index contributed by atoms with van der Waals surface area (Å²) in [6, 6.07) is 1.31. The van der Waals surface area contributed by atoms with Crippen molar-refractivity contribution in [2.24, 2.45) is 0 Å². The number of alkyl halides is 6. The summed E-state index contributed by atoms with van der Waals surface area (Å²) >= 11 is 0. The predicted octanol–water partition coefficient (Wildman–Crippen LogP) is 2.15. The van der Waals surface area contributed by atoms with Gasteiger partial charge in [-0.2, -0.15) is 0 Å². The van der Waals surface area contributed by atoms with E-state index in [-0.39, 0.29) is 11.2 Å². The van der Waals surface area contributed by atoms with Crippen molar-refractivity contribution >= 4 is 17.2 Å². The van der Waals surface area contributed by atoms with Gasteiger partial charge in [0.25, 0.3) is 5.65 Å². The first-order chi connectivity index (χ1) is 10.5. The van der Waals surface area contributed by atoms with Crippen LogP contribution < -0.4 is 0 Å². The summed E-state index contributed by atoms with van der Waals surface area (Å²) in [4.78, 5) is 2.82. The molecule has 0 unspecified atom stereocenters. The van der Waals surface area contributed by atoms with Gasteiger partial charge in [-0.1, -0.05) is 4.90 Å². The number of nitrogens with zero attached hydrogens (tertiary/aromatic N) is 6. The summed E-state index contributed by atoms with van der Waals surface area (Å²) in [5, 5.41) is 6.86. The first-order valence-electron chi connectivity index (χ1n) is 5.84. The van der Waals surface area contributed by atoms with Gasteiger partial charge in [-0.15, -0.1) is 31.4 Å². The van der Waals surface area contributed by atoms with Crippen molar-refractivity contribution in [3.8, 4) is 0 Å². The van der Waals surface area contributed by atoms with Gasteiger partial charge in [0.15, 0.2) is 4.85 Å². The highest BCUT2D eigenvalue weighted by molar-refractivity contribution is 5.75. The highest BCUT2D eigenvalue weighted by Crippen LogP contribution is 2.34. The van der Waals surface area contributed by atoms with Crippen molar-refractivity contribution in [2.75, 3.05) is 14.1 Å². The zero-order valence-corrected chi connectivity index (χ0v) is 11.6. The average molecular weight is 343 g/mol. The fourth-order valence-electron chi connectivity index (χ4n) is 1.57. The number of rotatable bonds is 1. The zero-order valence-electron chi connectivity index (χ0n) is 11.6. The minimum absolute atomic E-state index is 0.135. The molecule has 0 atom stereocenters. The maximum atomic E-state index is 12.8. The first-order valence-corrected chi connectivity index (χ1v) is 5.84. The lowest BCUT2D eigenvalue weighted by Gasteiger charge is -2.24. The number of hydrogen-bond donors (Lipinski definition) is 0. The number of hydrogen-bond acceptors (Lipinski definition) is 3. The number of urea groups is 1. The van der Waals surface area contributed by atoms with E-state index < -0.39 is 23.5 Å². The fraction of sp³-hybridized carbons (Fsp3) is 0.400. The van der Waals surface area contributed by atoms with Crippen molar-refractivity contribution < 1.29 is 30.9 Å². The maximum absolute atomic E-state index is 12.8. The van der Waals surface area contributed by atoms with Gasteiger partial charge >= 0.3 is 18.6 Å². The Morgan fingerprint density at radius 2 is 1.74 bits per heavy atom. The summed E-state index contributed by atoms with van der Waals surface area (Å²) in [7, 11) is 1.90. The predicted molar refractivity (Wildman–Crippen MR) is 63.8 cm³/mol. The molecular formula is C10H9F6N6O+. The van der Waals surface area contributed by atoms with E-state index >= 15 is 0 Å². The van der Waals surface area contributed by atoms with Crippen LogP contribution in [0.3, 0.4) is 0 Å². The summed E-state index contributed by atoms with van der Waals surface area (Å²) in [5.74, 6) is 0. The molecule has 0 N–H and O–H groups in total. The topological polar surface area (TPSA) is 61.4 Å². The average Bonchev–Trinajstić information content (AvgIpc) is 2.78. The third-order valence-electron chi connectivity index (χ3n) is 2.43. The number of halogens is 6. The van der Waals surface area contributed by atoms with Crippen molar-refractivity contribution in [3.05, 3.63) is 18.3 Å². The zero-order chi connectivity index (χ0) is 17.4. The molecule has 0 aliphatic heterocycles. The van der Waals surface area contributed by atoms with E-state index in [2.05, 4.69) is 19.8 Å². The van der Waals surface area contributed by atoms with Gasteiger partial charge in [0.2, 0.25) is 0 Å². The van der Waals surface area contributed by atoms with E-state index in [9.17, 15) is 26.3 Å². The smallest absolute Gasteiger partial charge is 0.278 e. The molecule has 2 aromatic heterocycles. The van der Waals surface area contributed by atoms with Crippen LogP contribution in [0.2, 0.25) is 0 Å². The number of aromatic nitrogens is 4. The SMILES string of the molecule is CN(C)C(=[O+]n1nnc2cccnc21)N(C(F)(F)F)C(F)(F)F.